The molecule has 5 nitrogen and oxygen atoms in total. The predicted octanol–water partition coefficient (Wildman–Crippen LogP) is 13.3. The van der Waals surface area contributed by atoms with Crippen LogP contribution in [0.3, 0.4) is 0 Å². The zero-order chi connectivity index (χ0) is 38.2. The minimum atomic E-state index is 0.565. The number of pyridine rings is 1. The van der Waals surface area contributed by atoms with Crippen molar-refractivity contribution in [2.24, 2.45) is 0 Å². The summed E-state index contributed by atoms with van der Waals surface area (Å²) in [6.45, 7) is 0. The number of rotatable bonds is 5. The molecule has 0 aliphatic rings. The first-order valence-corrected chi connectivity index (χ1v) is 19.6. The summed E-state index contributed by atoms with van der Waals surface area (Å²) in [6, 6.07) is 70.8. The molecule has 0 aliphatic heterocycles. The van der Waals surface area contributed by atoms with Crippen molar-refractivity contribution in [1.29, 1.82) is 0 Å². The molecule has 0 unspecified atom stereocenters. The van der Waals surface area contributed by atoms with E-state index in [1.165, 1.54) is 38.1 Å². The van der Waals surface area contributed by atoms with Crippen molar-refractivity contribution in [3.05, 3.63) is 200 Å². The van der Waals surface area contributed by atoms with Crippen LogP contribution < -0.4 is 0 Å². The zero-order valence-electron chi connectivity index (χ0n) is 31.3. The molecule has 5 heteroatoms. The van der Waals surface area contributed by atoms with Crippen LogP contribution in [-0.2, 0) is 0 Å². The summed E-state index contributed by atoms with van der Waals surface area (Å²) in [5.74, 6) is 1.79. The van der Waals surface area contributed by atoms with E-state index in [-0.39, 0.29) is 0 Å². The average molecular weight is 740 g/mol. The number of hydrogen-bond acceptors (Lipinski definition) is 3. The summed E-state index contributed by atoms with van der Waals surface area (Å²) in [4.78, 5) is 15.9. The highest BCUT2D eigenvalue weighted by Gasteiger charge is 2.22. The van der Waals surface area contributed by atoms with Gasteiger partial charge in [-0.1, -0.05) is 164 Å². The number of benzene rings is 8. The fraction of sp³-hybridized carbons (Fsp3) is 0. The van der Waals surface area contributed by atoms with E-state index in [4.69, 9.17) is 15.0 Å². The molecule has 4 heterocycles. The van der Waals surface area contributed by atoms with Crippen molar-refractivity contribution < 1.29 is 0 Å². The van der Waals surface area contributed by atoms with Crippen LogP contribution in [0.25, 0.3) is 111 Å². The van der Waals surface area contributed by atoms with Crippen LogP contribution in [-0.4, -0.2) is 23.9 Å². The van der Waals surface area contributed by atoms with E-state index in [2.05, 4.69) is 197 Å². The molecule has 0 saturated heterocycles. The topological polar surface area (TPSA) is 48.0 Å². The molecule has 4 aromatic heterocycles. The van der Waals surface area contributed by atoms with Crippen molar-refractivity contribution in [2.45, 2.75) is 0 Å². The Labute approximate surface area is 333 Å². The highest BCUT2D eigenvalue weighted by atomic mass is 15.2. The maximum absolute atomic E-state index is 5.35. The fourth-order valence-electron chi connectivity index (χ4n) is 8.90. The minimum Gasteiger partial charge on any atom is -0.308 e. The van der Waals surface area contributed by atoms with Crippen LogP contribution in [0.4, 0.5) is 0 Å². The first-order chi connectivity index (χ1) is 28.8. The van der Waals surface area contributed by atoms with Crippen molar-refractivity contribution in [3.63, 3.8) is 0 Å². The molecular formula is C53H33N5. The smallest absolute Gasteiger partial charge is 0.238 e. The molecule has 0 bridgehead atoms. The van der Waals surface area contributed by atoms with E-state index in [9.17, 15) is 0 Å². The Kier molecular flexibility index (Phi) is 7.16. The van der Waals surface area contributed by atoms with E-state index in [0.717, 1.165) is 55.2 Å². The lowest BCUT2D eigenvalue weighted by Crippen LogP contribution is -2.06. The van der Waals surface area contributed by atoms with E-state index in [0.29, 0.717) is 17.6 Å². The predicted molar refractivity (Wildman–Crippen MR) is 239 cm³/mol. The van der Waals surface area contributed by atoms with Gasteiger partial charge in [0.2, 0.25) is 5.95 Å². The second kappa shape index (κ2) is 12.8. The van der Waals surface area contributed by atoms with Crippen molar-refractivity contribution in [3.8, 4) is 51.0 Å². The molecule has 0 saturated carbocycles. The molecule has 0 fully saturated rings. The van der Waals surface area contributed by atoms with Gasteiger partial charge in [-0.25, -0.2) is 4.98 Å². The van der Waals surface area contributed by atoms with Crippen molar-refractivity contribution in [2.75, 3.05) is 0 Å². The third-order valence-corrected chi connectivity index (χ3v) is 11.5. The average Bonchev–Trinajstić information content (AvgIpc) is 3.86. The normalized spacial score (nSPS) is 11.8. The standard InChI is InChI=1S/C53H33N5/c1-3-15-34(16-4-1)36-20-13-22-39(31-36)51-54-52(40-23-14-21-37(32-40)35-17-5-2-6-18-35)56-53(55-51)58-46-28-12-10-26-44(46)49-47(58)30-29-43-41-24-8-9-25-42(41)48-33-38-19-7-11-27-45(38)57(48)50(43)49/h1-33H. The minimum absolute atomic E-state index is 0.565. The van der Waals surface area contributed by atoms with Gasteiger partial charge in [0, 0.05) is 38.1 Å². The second-order valence-electron chi connectivity index (χ2n) is 14.9. The summed E-state index contributed by atoms with van der Waals surface area (Å²) < 4.78 is 4.69. The highest BCUT2D eigenvalue weighted by molar-refractivity contribution is 6.27. The van der Waals surface area contributed by atoms with Gasteiger partial charge in [-0.05, 0) is 64.0 Å². The molecule has 0 amide bonds. The van der Waals surface area contributed by atoms with Gasteiger partial charge in [0.25, 0.3) is 0 Å². The maximum Gasteiger partial charge on any atom is 0.238 e. The van der Waals surface area contributed by atoms with Gasteiger partial charge in [0.05, 0.1) is 27.6 Å². The Morgan fingerprint density at radius 1 is 0.310 bits per heavy atom. The molecule has 8 aromatic carbocycles. The number of fused-ring (bicyclic) bond motifs is 12. The summed E-state index contributed by atoms with van der Waals surface area (Å²) in [7, 11) is 0. The number of para-hydroxylation sites is 2. The zero-order valence-corrected chi connectivity index (χ0v) is 31.3. The van der Waals surface area contributed by atoms with Crippen LogP contribution in [0.5, 0.6) is 0 Å². The molecule has 58 heavy (non-hydrogen) atoms. The molecule has 12 aromatic rings. The molecule has 12 rings (SSSR count). The van der Waals surface area contributed by atoms with Gasteiger partial charge in [-0.15, -0.1) is 0 Å². The highest BCUT2D eigenvalue weighted by Crippen LogP contribution is 2.42. The largest absolute Gasteiger partial charge is 0.308 e. The van der Waals surface area contributed by atoms with Crippen LogP contribution >= 0.6 is 0 Å². The summed E-state index contributed by atoms with van der Waals surface area (Å²) >= 11 is 0. The Morgan fingerprint density at radius 2 is 0.845 bits per heavy atom. The summed E-state index contributed by atoms with van der Waals surface area (Å²) in [6.07, 6.45) is 0. The van der Waals surface area contributed by atoms with Gasteiger partial charge in [0.15, 0.2) is 11.6 Å². The SMILES string of the molecule is c1ccc(-c2cccc(-c3nc(-c4cccc(-c5ccccc5)c4)nc(-n4c5ccccc5c5c4ccc4c6ccccc6c6cc7ccccc7n6c45)n3)c2)cc1. The number of nitrogens with zero attached hydrogens (tertiary/aromatic N) is 5. The molecule has 0 atom stereocenters. The van der Waals surface area contributed by atoms with Crippen molar-refractivity contribution in [1.82, 2.24) is 23.9 Å². The Bertz CT molecular complexity index is 3460. The van der Waals surface area contributed by atoms with Gasteiger partial charge in [-0.2, -0.15) is 9.97 Å². The first kappa shape index (κ1) is 32.4. The van der Waals surface area contributed by atoms with Gasteiger partial charge in [-0.3, -0.25) is 4.57 Å². The third kappa shape index (κ3) is 5.00. The van der Waals surface area contributed by atoms with Crippen LogP contribution in [0.2, 0.25) is 0 Å². The summed E-state index contributed by atoms with van der Waals surface area (Å²) in [5.41, 5.74) is 11.9. The van der Waals surface area contributed by atoms with E-state index in [1.54, 1.807) is 0 Å². The van der Waals surface area contributed by atoms with Crippen molar-refractivity contribution >= 4 is 59.9 Å². The molecule has 0 radical (unpaired) electrons. The molecule has 0 aliphatic carbocycles. The van der Waals surface area contributed by atoms with Gasteiger partial charge < -0.3 is 4.40 Å². The van der Waals surface area contributed by atoms with Crippen LogP contribution in [0, 0.1) is 0 Å². The lowest BCUT2D eigenvalue weighted by Gasteiger charge is -2.13. The Morgan fingerprint density at radius 3 is 1.52 bits per heavy atom. The van der Waals surface area contributed by atoms with Crippen LogP contribution in [0.1, 0.15) is 0 Å². The molecule has 0 spiro atoms. The molecule has 0 N–H and O–H groups in total. The second-order valence-corrected chi connectivity index (χ2v) is 14.9. The number of hydrogen-bond donors (Lipinski definition) is 0. The third-order valence-electron chi connectivity index (χ3n) is 11.5. The van der Waals surface area contributed by atoms with E-state index < -0.39 is 0 Å². The fourth-order valence-corrected chi connectivity index (χ4v) is 8.90. The lowest BCUT2D eigenvalue weighted by molar-refractivity contribution is 0.953. The van der Waals surface area contributed by atoms with Crippen LogP contribution in [0.15, 0.2) is 200 Å². The molecular weight excluding hydrogens is 707 g/mol. The van der Waals surface area contributed by atoms with Gasteiger partial charge >= 0.3 is 0 Å². The first-order valence-electron chi connectivity index (χ1n) is 19.6. The Balaban J connectivity index is 1.18. The van der Waals surface area contributed by atoms with E-state index in [1.807, 2.05) is 12.1 Å². The lowest BCUT2D eigenvalue weighted by atomic mass is 10.0. The van der Waals surface area contributed by atoms with Gasteiger partial charge in [0.1, 0.15) is 0 Å². The Hall–Kier alpha value is -7.89. The quantitative estimate of drug-likeness (QED) is 0.165. The molecule has 270 valence electrons. The maximum atomic E-state index is 5.35. The summed E-state index contributed by atoms with van der Waals surface area (Å²) in [5, 5.41) is 7.17. The number of aromatic nitrogens is 5. The van der Waals surface area contributed by atoms with E-state index >= 15 is 0 Å². The monoisotopic (exact) mass is 739 g/mol.